The summed E-state index contributed by atoms with van der Waals surface area (Å²) >= 11 is 0. The van der Waals surface area contributed by atoms with Crippen LogP contribution in [0, 0.1) is 11.6 Å². The summed E-state index contributed by atoms with van der Waals surface area (Å²) in [6.07, 6.45) is 2.33. The number of aromatic nitrogens is 2. The van der Waals surface area contributed by atoms with E-state index in [1.54, 1.807) is 0 Å². The summed E-state index contributed by atoms with van der Waals surface area (Å²) in [7, 11) is 1.18. The van der Waals surface area contributed by atoms with E-state index in [4.69, 9.17) is 4.74 Å². The quantitative estimate of drug-likeness (QED) is 0.798. The summed E-state index contributed by atoms with van der Waals surface area (Å²) < 4.78 is 35.8. The van der Waals surface area contributed by atoms with E-state index in [2.05, 4.69) is 14.7 Å². The van der Waals surface area contributed by atoms with Gasteiger partial charge in [-0.3, -0.25) is 4.98 Å². The van der Waals surface area contributed by atoms with Crippen molar-refractivity contribution in [2.45, 2.75) is 0 Å². The lowest BCUT2D eigenvalue weighted by atomic mass is 10.3. The molecule has 1 aromatic carbocycles. The molecule has 0 amide bonds. The molecule has 0 fully saturated rings. The molecule has 1 aromatic heterocycles. The van der Waals surface area contributed by atoms with Crippen molar-refractivity contribution < 1.29 is 23.0 Å². The fraction of sp³-hybridized carbons (Fsp3) is 0.0833. The van der Waals surface area contributed by atoms with Gasteiger partial charge in [0.15, 0.2) is 17.3 Å². The highest BCUT2D eigenvalue weighted by Gasteiger charge is 2.11. The molecule has 5 nitrogen and oxygen atoms in total. The minimum Gasteiger partial charge on any atom is -0.464 e. The van der Waals surface area contributed by atoms with Crippen LogP contribution in [0.1, 0.15) is 10.5 Å². The maximum Gasteiger partial charge on any atom is 0.358 e. The summed E-state index contributed by atoms with van der Waals surface area (Å²) in [5, 5.41) is 0. The van der Waals surface area contributed by atoms with E-state index < -0.39 is 17.6 Å². The molecule has 0 N–H and O–H groups in total. The molecule has 98 valence electrons. The van der Waals surface area contributed by atoms with Crippen LogP contribution < -0.4 is 4.74 Å². The van der Waals surface area contributed by atoms with E-state index in [9.17, 15) is 13.6 Å². The molecule has 0 atom stereocenters. The van der Waals surface area contributed by atoms with Gasteiger partial charge >= 0.3 is 5.97 Å². The molecular formula is C12H8F2N2O3. The first kappa shape index (κ1) is 12.9. The molecular weight excluding hydrogens is 258 g/mol. The summed E-state index contributed by atoms with van der Waals surface area (Å²) in [4.78, 5) is 18.7. The molecule has 19 heavy (non-hydrogen) atoms. The number of carbonyl (C=O) groups is 1. The Labute approximate surface area is 106 Å². The van der Waals surface area contributed by atoms with E-state index in [-0.39, 0.29) is 17.3 Å². The summed E-state index contributed by atoms with van der Waals surface area (Å²) in [5.41, 5.74) is -0.100. The van der Waals surface area contributed by atoms with Crippen molar-refractivity contribution in [1.29, 1.82) is 0 Å². The second-order valence-electron chi connectivity index (χ2n) is 3.41. The van der Waals surface area contributed by atoms with Crippen molar-refractivity contribution in [2.24, 2.45) is 0 Å². The molecule has 0 spiro atoms. The number of hydrogen-bond donors (Lipinski definition) is 0. The fourth-order valence-electron chi connectivity index (χ4n) is 1.27. The molecule has 7 heteroatoms. The lowest BCUT2D eigenvalue weighted by Crippen LogP contribution is -2.05. The van der Waals surface area contributed by atoms with Gasteiger partial charge in [-0.25, -0.2) is 18.6 Å². The van der Waals surface area contributed by atoms with E-state index in [0.717, 1.165) is 24.4 Å². The van der Waals surface area contributed by atoms with Gasteiger partial charge in [0, 0.05) is 6.07 Å². The molecule has 0 aliphatic rings. The molecule has 2 aromatic rings. The van der Waals surface area contributed by atoms with Crippen molar-refractivity contribution in [3.05, 3.63) is 47.9 Å². The van der Waals surface area contributed by atoms with Crippen molar-refractivity contribution in [3.8, 4) is 11.6 Å². The molecule has 0 unspecified atom stereocenters. The van der Waals surface area contributed by atoms with Gasteiger partial charge in [-0.2, -0.15) is 0 Å². The first-order valence-electron chi connectivity index (χ1n) is 5.13. The zero-order valence-corrected chi connectivity index (χ0v) is 9.76. The Balaban J connectivity index is 2.28. The fourth-order valence-corrected chi connectivity index (χ4v) is 1.27. The Morgan fingerprint density at radius 1 is 1.26 bits per heavy atom. The van der Waals surface area contributed by atoms with E-state index in [1.165, 1.54) is 13.3 Å². The predicted molar refractivity (Wildman–Crippen MR) is 59.8 cm³/mol. The van der Waals surface area contributed by atoms with Crippen molar-refractivity contribution in [3.63, 3.8) is 0 Å². The third-order valence-corrected chi connectivity index (χ3v) is 2.11. The van der Waals surface area contributed by atoms with Gasteiger partial charge in [0.05, 0.1) is 19.5 Å². The molecule has 0 radical (unpaired) electrons. The average Bonchev–Trinajstić information content (AvgIpc) is 2.42. The van der Waals surface area contributed by atoms with Gasteiger partial charge in [-0.05, 0) is 12.1 Å². The van der Waals surface area contributed by atoms with E-state index >= 15 is 0 Å². The van der Waals surface area contributed by atoms with Crippen molar-refractivity contribution in [2.75, 3.05) is 7.11 Å². The first-order valence-corrected chi connectivity index (χ1v) is 5.13. The van der Waals surface area contributed by atoms with Gasteiger partial charge < -0.3 is 9.47 Å². The third-order valence-electron chi connectivity index (χ3n) is 2.11. The van der Waals surface area contributed by atoms with Crippen LogP contribution in [0.4, 0.5) is 8.78 Å². The van der Waals surface area contributed by atoms with Crippen LogP contribution in [0.2, 0.25) is 0 Å². The summed E-state index contributed by atoms with van der Waals surface area (Å²) in [6.45, 7) is 0. The number of hydrogen-bond acceptors (Lipinski definition) is 5. The van der Waals surface area contributed by atoms with Crippen molar-refractivity contribution >= 4 is 5.97 Å². The number of methoxy groups -OCH3 is 1. The molecule has 1 heterocycles. The number of halogens is 2. The maximum absolute atomic E-state index is 13.3. The normalized spacial score (nSPS) is 10.1. The standard InChI is InChI=1S/C12H8F2N2O3/c1-18-12(17)9-5-15-6-11(16-9)19-10-4-7(13)2-3-8(10)14/h2-6H,1H3. The average molecular weight is 266 g/mol. The zero-order valence-electron chi connectivity index (χ0n) is 9.76. The highest BCUT2D eigenvalue weighted by molar-refractivity contribution is 5.86. The molecule has 0 aliphatic carbocycles. The second-order valence-corrected chi connectivity index (χ2v) is 3.41. The minimum absolute atomic E-state index is 0.100. The Morgan fingerprint density at radius 3 is 2.79 bits per heavy atom. The molecule has 0 saturated heterocycles. The summed E-state index contributed by atoms with van der Waals surface area (Å²) in [6, 6.07) is 2.74. The Hall–Kier alpha value is -2.57. The lowest BCUT2D eigenvalue weighted by molar-refractivity contribution is 0.0592. The lowest BCUT2D eigenvalue weighted by Gasteiger charge is -2.06. The molecule has 0 saturated carbocycles. The monoisotopic (exact) mass is 266 g/mol. The number of esters is 1. The van der Waals surface area contributed by atoms with Crippen LogP contribution in [-0.2, 0) is 4.74 Å². The molecule has 2 rings (SSSR count). The molecule has 0 bridgehead atoms. The van der Waals surface area contributed by atoms with Crippen LogP contribution in [0.5, 0.6) is 11.6 Å². The third kappa shape index (κ3) is 3.01. The number of nitrogens with zero attached hydrogens (tertiary/aromatic N) is 2. The maximum atomic E-state index is 13.3. The second kappa shape index (κ2) is 5.38. The van der Waals surface area contributed by atoms with Crippen LogP contribution in [0.15, 0.2) is 30.6 Å². The zero-order chi connectivity index (χ0) is 13.8. The van der Waals surface area contributed by atoms with Gasteiger partial charge in [-0.15, -0.1) is 0 Å². The summed E-state index contributed by atoms with van der Waals surface area (Å²) in [5.74, 6) is -2.62. The Kier molecular flexibility index (Phi) is 3.65. The van der Waals surface area contributed by atoms with E-state index in [0.29, 0.717) is 0 Å². The van der Waals surface area contributed by atoms with Crippen molar-refractivity contribution in [1.82, 2.24) is 9.97 Å². The molecule has 0 aliphatic heterocycles. The van der Waals surface area contributed by atoms with Crippen LogP contribution in [0.3, 0.4) is 0 Å². The number of ether oxygens (including phenoxy) is 2. The first-order chi connectivity index (χ1) is 9.10. The van der Waals surface area contributed by atoms with Crippen LogP contribution in [-0.4, -0.2) is 23.0 Å². The SMILES string of the molecule is COC(=O)c1cncc(Oc2cc(F)ccc2F)n1. The van der Waals surface area contributed by atoms with Crippen LogP contribution >= 0.6 is 0 Å². The smallest absolute Gasteiger partial charge is 0.358 e. The van der Waals surface area contributed by atoms with Gasteiger partial charge in [-0.1, -0.05) is 0 Å². The Bertz CT molecular complexity index is 620. The predicted octanol–water partition coefficient (Wildman–Crippen LogP) is 2.33. The van der Waals surface area contributed by atoms with Gasteiger partial charge in [0.2, 0.25) is 5.88 Å². The number of carbonyl (C=O) groups excluding carboxylic acids is 1. The van der Waals surface area contributed by atoms with Gasteiger partial charge in [0.1, 0.15) is 5.82 Å². The van der Waals surface area contributed by atoms with Gasteiger partial charge in [0.25, 0.3) is 0 Å². The number of rotatable bonds is 3. The minimum atomic E-state index is -0.758. The van der Waals surface area contributed by atoms with Crippen LogP contribution in [0.25, 0.3) is 0 Å². The Morgan fingerprint density at radius 2 is 2.05 bits per heavy atom. The highest BCUT2D eigenvalue weighted by atomic mass is 19.1. The van der Waals surface area contributed by atoms with E-state index in [1.807, 2.05) is 0 Å². The largest absolute Gasteiger partial charge is 0.464 e. The topological polar surface area (TPSA) is 61.3 Å². The number of benzene rings is 1. The highest BCUT2D eigenvalue weighted by Crippen LogP contribution is 2.23.